The van der Waals surface area contributed by atoms with E-state index in [0.29, 0.717) is 35.3 Å². The van der Waals surface area contributed by atoms with Gasteiger partial charge in [-0.25, -0.2) is 0 Å². The Kier molecular flexibility index (Phi) is 6.16. The Morgan fingerprint density at radius 3 is 2.39 bits per heavy atom. The first kappa shape index (κ1) is 22.5. The van der Waals surface area contributed by atoms with E-state index in [2.05, 4.69) is 0 Å². The van der Waals surface area contributed by atoms with Gasteiger partial charge in [-0.3, -0.25) is 14.5 Å². The number of methoxy groups -OCH3 is 1. The molecular formula is C25H22ClNO6. The number of halogens is 1. The first-order chi connectivity index (χ1) is 15.8. The highest BCUT2D eigenvalue weighted by atomic mass is 35.5. The van der Waals surface area contributed by atoms with Gasteiger partial charge in [-0.05, 0) is 68.4 Å². The molecule has 2 aromatic carbocycles. The first-order valence-electron chi connectivity index (χ1n) is 10.3. The summed E-state index contributed by atoms with van der Waals surface area (Å²) in [6.07, 6.45) is 0. The van der Waals surface area contributed by atoms with Crippen molar-refractivity contribution in [2.45, 2.75) is 19.9 Å². The van der Waals surface area contributed by atoms with Crippen molar-refractivity contribution in [1.82, 2.24) is 0 Å². The Bertz CT molecular complexity index is 1240. The topological polar surface area (TPSA) is 89.2 Å². The molecule has 3 aromatic rings. The van der Waals surface area contributed by atoms with Gasteiger partial charge in [-0.1, -0.05) is 11.6 Å². The van der Waals surface area contributed by atoms with Crippen LogP contribution in [0.1, 0.15) is 30.0 Å². The molecule has 0 bridgehead atoms. The Morgan fingerprint density at radius 2 is 1.79 bits per heavy atom. The molecule has 0 aliphatic carbocycles. The summed E-state index contributed by atoms with van der Waals surface area (Å²) in [6.45, 7) is 3.99. The lowest BCUT2D eigenvalue weighted by molar-refractivity contribution is -0.132. The summed E-state index contributed by atoms with van der Waals surface area (Å²) in [7, 11) is 1.53. The summed E-state index contributed by atoms with van der Waals surface area (Å²) in [4.78, 5) is 27.6. The quantitative estimate of drug-likeness (QED) is 0.301. The number of hydrogen-bond acceptors (Lipinski definition) is 6. The van der Waals surface area contributed by atoms with Crippen LogP contribution in [0.5, 0.6) is 11.5 Å². The van der Waals surface area contributed by atoms with Gasteiger partial charge in [0.15, 0.2) is 0 Å². The molecule has 1 aromatic heterocycles. The third kappa shape index (κ3) is 4.07. The highest BCUT2D eigenvalue weighted by Crippen LogP contribution is 2.44. The highest BCUT2D eigenvalue weighted by molar-refractivity contribution is 6.52. The molecule has 1 atom stereocenters. The molecule has 1 aliphatic rings. The van der Waals surface area contributed by atoms with E-state index in [4.69, 9.17) is 25.5 Å². The third-order valence-corrected chi connectivity index (χ3v) is 5.66. The van der Waals surface area contributed by atoms with Crippen LogP contribution in [0.15, 0.2) is 64.6 Å². The monoisotopic (exact) mass is 467 g/mol. The first-order valence-corrected chi connectivity index (χ1v) is 10.7. The zero-order valence-electron chi connectivity index (χ0n) is 18.3. The Balaban J connectivity index is 1.92. The van der Waals surface area contributed by atoms with Gasteiger partial charge >= 0.3 is 0 Å². The molecule has 1 saturated heterocycles. The van der Waals surface area contributed by atoms with Crippen LogP contribution in [-0.2, 0) is 9.59 Å². The van der Waals surface area contributed by atoms with E-state index in [1.165, 1.54) is 18.1 Å². The number of aryl methyl sites for hydroxylation is 1. The Morgan fingerprint density at radius 1 is 1.09 bits per heavy atom. The van der Waals surface area contributed by atoms with Crippen molar-refractivity contribution < 1.29 is 28.6 Å². The molecule has 170 valence electrons. The van der Waals surface area contributed by atoms with E-state index in [0.717, 1.165) is 0 Å². The number of furan rings is 1. The van der Waals surface area contributed by atoms with E-state index >= 15 is 0 Å². The number of hydrogen-bond donors (Lipinski definition) is 1. The summed E-state index contributed by atoms with van der Waals surface area (Å²) < 4.78 is 16.5. The number of aliphatic hydroxyl groups is 1. The average molecular weight is 468 g/mol. The number of ketones is 1. The number of amides is 1. The van der Waals surface area contributed by atoms with Crippen LogP contribution >= 0.6 is 11.6 Å². The molecule has 0 radical (unpaired) electrons. The molecule has 0 spiro atoms. The lowest BCUT2D eigenvalue weighted by atomic mass is 9.99. The van der Waals surface area contributed by atoms with Crippen LogP contribution in [0, 0.1) is 6.92 Å². The number of nitrogens with zero attached hydrogens (tertiary/aromatic N) is 1. The van der Waals surface area contributed by atoms with Crippen molar-refractivity contribution in [1.29, 1.82) is 0 Å². The van der Waals surface area contributed by atoms with Crippen molar-refractivity contribution in [3.63, 3.8) is 0 Å². The molecular weight excluding hydrogens is 446 g/mol. The van der Waals surface area contributed by atoms with E-state index in [1.807, 2.05) is 6.92 Å². The number of aliphatic hydroxyl groups excluding tert-OH is 1. The fraction of sp³-hybridized carbons (Fsp3) is 0.200. The maximum Gasteiger partial charge on any atom is 0.300 e. The van der Waals surface area contributed by atoms with Crippen molar-refractivity contribution in [3.05, 3.63) is 82.3 Å². The van der Waals surface area contributed by atoms with Gasteiger partial charge in [0.25, 0.3) is 11.7 Å². The van der Waals surface area contributed by atoms with Gasteiger partial charge in [0.2, 0.25) is 0 Å². The van der Waals surface area contributed by atoms with E-state index in [1.54, 1.807) is 55.5 Å². The van der Waals surface area contributed by atoms with Crippen LogP contribution < -0.4 is 14.4 Å². The van der Waals surface area contributed by atoms with Gasteiger partial charge in [0.1, 0.15) is 34.8 Å². The molecule has 0 saturated carbocycles. The van der Waals surface area contributed by atoms with Crippen LogP contribution in [-0.4, -0.2) is 30.5 Å². The third-order valence-electron chi connectivity index (χ3n) is 5.33. The Labute approximate surface area is 195 Å². The molecule has 1 N–H and O–H groups in total. The summed E-state index contributed by atoms with van der Waals surface area (Å²) in [6, 6.07) is 13.9. The van der Waals surface area contributed by atoms with Crippen molar-refractivity contribution in [2.24, 2.45) is 0 Å². The fourth-order valence-corrected chi connectivity index (χ4v) is 4.01. The van der Waals surface area contributed by atoms with Crippen LogP contribution in [0.2, 0.25) is 5.02 Å². The summed E-state index contributed by atoms with van der Waals surface area (Å²) in [5.74, 6) is -0.0469. The number of carbonyl (C=O) groups is 2. The Hall–Kier alpha value is -3.71. The maximum absolute atomic E-state index is 13.2. The summed E-state index contributed by atoms with van der Waals surface area (Å²) in [5.41, 5.74) is 0.509. The molecule has 33 heavy (non-hydrogen) atoms. The van der Waals surface area contributed by atoms with Crippen LogP contribution in [0.3, 0.4) is 0 Å². The lowest BCUT2D eigenvalue weighted by Crippen LogP contribution is -2.29. The van der Waals surface area contributed by atoms with Crippen LogP contribution in [0.4, 0.5) is 5.69 Å². The van der Waals surface area contributed by atoms with Gasteiger partial charge < -0.3 is 19.0 Å². The van der Waals surface area contributed by atoms with Crippen molar-refractivity contribution in [3.8, 4) is 11.5 Å². The highest BCUT2D eigenvalue weighted by Gasteiger charge is 2.48. The lowest BCUT2D eigenvalue weighted by Gasteiger charge is -2.23. The smallest absolute Gasteiger partial charge is 0.300 e. The number of Topliss-reactive ketones (excluding diaryl/α,β-unsaturated/α-hetero) is 1. The second-order valence-electron chi connectivity index (χ2n) is 7.39. The maximum atomic E-state index is 13.2. The predicted octanol–water partition coefficient (Wildman–Crippen LogP) is 5.28. The number of rotatable bonds is 6. The second kappa shape index (κ2) is 9.03. The van der Waals surface area contributed by atoms with Gasteiger partial charge in [0.05, 0.1) is 24.3 Å². The number of ether oxygens (including phenoxy) is 2. The largest absolute Gasteiger partial charge is 0.507 e. The molecule has 1 unspecified atom stereocenters. The SMILES string of the molecule is CCOc1ccc(Cl)c(/C(O)=C2\C(=O)C(=O)N(c3ccc(OC)cc3)C2c2ccc(C)o2)c1. The van der Waals surface area contributed by atoms with Gasteiger partial charge in [-0.2, -0.15) is 0 Å². The molecule has 8 heteroatoms. The summed E-state index contributed by atoms with van der Waals surface area (Å²) >= 11 is 6.34. The number of anilines is 1. The normalized spacial score (nSPS) is 17.5. The van der Waals surface area contributed by atoms with E-state index in [9.17, 15) is 14.7 Å². The zero-order valence-corrected chi connectivity index (χ0v) is 19.1. The molecule has 1 fully saturated rings. The summed E-state index contributed by atoms with van der Waals surface area (Å²) in [5, 5.41) is 11.5. The predicted molar refractivity (Wildman–Crippen MR) is 124 cm³/mol. The minimum absolute atomic E-state index is 0.124. The van der Waals surface area contributed by atoms with E-state index in [-0.39, 0.29) is 16.2 Å². The van der Waals surface area contributed by atoms with Gasteiger partial charge in [0, 0.05) is 11.3 Å². The van der Waals surface area contributed by atoms with Crippen molar-refractivity contribution in [2.75, 3.05) is 18.6 Å². The average Bonchev–Trinajstić information content (AvgIpc) is 3.35. The minimum atomic E-state index is -0.987. The van der Waals surface area contributed by atoms with Crippen molar-refractivity contribution >= 4 is 34.7 Å². The van der Waals surface area contributed by atoms with Crippen LogP contribution in [0.25, 0.3) is 5.76 Å². The zero-order chi connectivity index (χ0) is 23.7. The molecule has 4 rings (SSSR count). The van der Waals surface area contributed by atoms with Gasteiger partial charge in [-0.15, -0.1) is 0 Å². The molecule has 1 aliphatic heterocycles. The molecule has 7 nitrogen and oxygen atoms in total. The number of carbonyl (C=O) groups excluding carboxylic acids is 2. The standard InChI is InChI=1S/C25H22ClNO6/c1-4-32-17-10-11-19(26)18(13-17)23(28)21-22(20-12-5-14(2)33-20)27(25(30)24(21)29)15-6-8-16(31-3)9-7-15/h5-13,22,28H,4H2,1-3H3/b23-21+. The number of benzene rings is 2. The minimum Gasteiger partial charge on any atom is -0.507 e. The fourth-order valence-electron chi connectivity index (χ4n) is 3.80. The van der Waals surface area contributed by atoms with E-state index < -0.39 is 23.5 Å². The molecule has 2 heterocycles. The molecule has 1 amide bonds. The second-order valence-corrected chi connectivity index (χ2v) is 7.80.